The maximum atomic E-state index is 13.3. The molecule has 1 saturated carbocycles. The standard InChI is InChI=1S/C29H29N5O3/c1-34-26-23(32-27(34)19-9-12-30-13-10-19)15-21(16-24(26)33-29(36)20-6-4-7-20)28(35)31-17-25-22-8-3-2-5-18(22)11-14-37-25/h2-3,5,8-10,12-13,15-16,20,25H,4,6-7,11,14,17H2,1H3,(H,31,35)(H,33,36). The Morgan fingerprint density at radius 3 is 2.70 bits per heavy atom. The van der Waals surface area contributed by atoms with E-state index in [0.29, 0.717) is 29.9 Å². The summed E-state index contributed by atoms with van der Waals surface area (Å²) in [5.74, 6) is 0.512. The minimum atomic E-state index is -0.233. The minimum absolute atomic E-state index is 0.0102. The second-order valence-electron chi connectivity index (χ2n) is 9.76. The van der Waals surface area contributed by atoms with Crippen LogP contribution >= 0.6 is 0 Å². The van der Waals surface area contributed by atoms with E-state index in [2.05, 4.69) is 27.8 Å². The van der Waals surface area contributed by atoms with E-state index in [9.17, 15) is 9.59 Å². The van der Waals surface area contributed by atoms with Crippen molar-refractivity contribution in [2.45, 2.75) is 31.8 Å². The number of nitrogens with zero attached hydrogens (tertiary/aromatic N) is 3. The van der Waals surface area contributed by atoms with Gasteiger partial charge in [0.05, 0.1) is 23.3 Å². The molecule has 1 unspecified atom stereocenters. The number of anilines is 1. The summed E-state index contributed by atoms with van der Waals surface area (Å²) in [7, 11) is 1.92. The molecular formula is C29H29N5O3. The van der Waals surface area contributed by atoms with Gasteiger partial charge >= 0.3 is 0 Å². The second kappa shape index (κ2) is 9.78. The maximum absolute atomic E-state index is 13.3. The number of aryl methyl sites for hydroxylation is 1. The number of carbonyl (C=O) groups excluding carboxylic acids is 2. The summed E-state index contributed by atoms with van der Waals surface area (Å²) < 4.78 is 7.91. The highest BCUT2D eigenvalue weighted by Crippen LogP contribution is 2.33. The fourth-order valence-electron chi connectivity index (χ4n) is 5.18. The molecule has 1 aliphatic carbocycles. The smallest absolute Gasteiger partial charge is 0.251 e. The van der Waals surface area contributed by atoms with E-state index in [-0.39, 0.29) is 23.8 Å². The molecule has 1 fully saturated rings. The average Bonchev–Trinajstić information content (AvgIpc) is 3.23. The summed E-state index contributed by atoms with van der Waals surface area (Å²) in [6, 6.07) is 15.5. The molecule has 37 heavy (non-hydrogen) atoms. The molecule has 0 radical (unpaired) electrons. The number of hydrogen-bond donors (Lipinski definition) is 2. The molecular weight excluding hydrogens is 466 g/mol. The molecule has 2 aliphatic rings. The molecule has 0 spiro atoms. The molecule has 2 aromatic heterocycles. The van der Waals surface area contributed by atoms with Crippen molar-refractivity contribution < 1.29 is 14.3 Å². The lowest BCUT2D eigenvalue weighted by atomic mass is 9.85. The first-order valence-electron chi connectivity index (χ1n) is 12.8. The van der Waals surface area contributed by atoms with Crippen LogP contribution in [0.2, 0.25) is 0 Å². The first kappa shape index (κ1) is 23.4. The van der Waals surface area contributed by atoms with Crippen LogP contribution in [0, 0.1) is 5.92 Å². The molecule has 0 bridgehead atoms. The van der Waals surface area contributed by atoms with Crippen molar-refractivity contribution in [1.29, 1.82) is 0 Å². The average molecular weight is 496 g/mol. The Morgan fingerprint density at radius 2 is 1.92 bits per heavy atom. The summed E-state index contributed by atoms with van der Waals surface area (Å²) in [6.45, 7) is 0.995. The van der Waals surface area contributed by atoms with Crippen LogP contribution in [0.15, 0.2) is 60.9 Å². The quantitative estimate of drug-likeness (QED) is 0.413. The van der Waals surface area contributed by atoms with Crippen molar-refractivity contribution in [2.24, 2.45) is 13.0 Å². The summed E-state index contributed by atoms with van der Waals surface area (Å²) in [5.41, 5.74) is 5.74. The van der Waals surface area contributed by atoms with Gasteiger partial charge in [-0.2, -0.15) is 0 Å². The molecule has 4 aromatic rings. The fraction of sp³-hybridized carbons (Fsp3) is 0.310. The van der Waals surface area contributed by atoms with E-state index >= 15 is 0 Å². The number of benzene rings is 2. The third-order valence-corrected chi connectivity index (χ3v) is 7.44. The number of ether oxygens (including phenoxy) is 1. The van der Waals surface area contributed by atoms with E-state index in [1.54, 1.807) is 24.5 Å². The van der Waals surface area contributed by atoms with Crippen LogP contribution in [-0.4, -0.2) is 39.5 Å². The highest BCUT2D eigenvalue weighted by atomic mass is 16.5. The van der Waals surface area contributed by atoms with Gasteiger partial charge in [0, 0.05) is 43.0 Å². The molecule has 6 rings (SSSR count). The van der Waals surface area contributed by atoms with Crippen LogP contribution in [0.25, 0.3) is 22.4 Å². The predicted molar refractivity (Wildman–Crippen MR) is 141 cm³/mol. The molecule has 188 valence electrons. The number of rotatable bonds is 6. The van der Waals surface area contributed by atoms with Gasteiger partial charge in [-0.15, -0.1) is 0 Å². The molecule has 2 amide bonds. The van der Waals surface area contributed by atoms with E-state index in [1.165, 1.54) is 5.56 Å². The molecule has 1 aliphatic heterocycles. The Bertz CT molecular complexity index is 1480. The SMILES string of the molecule is Cn1c(-c2ccncc2)nc2cc(C(=O)NCC3OCCc4ccccc43)cc(NC(=O)C3CCC3)c21. The zero-order chi connectivity index (χ0) is 25.4. The Balaban J connectivity index is 1.32. The fourth-order valence-corrected chi connectivity index (χ4v) is 5.18. The van der Waals surface area contributed by atoms with Gasteiger partial charge in [-0.1, -0.05) is 30.7 Å². The van der Waals surface area contributed by atoms with Crippen LogP contribution in [0.3, 0.4) is 0 Å². The summed E-state index contributed by atoms with van der Waals surface area (Å²) in [4.78, 5) is 35.1. The van der Waals surface area contributed by atoms with Crippen LogP contribution in [0.5, 0.6) is 0 Å². The first-order chi connectivity index (χ1) is 18.1. The van der Waals surface area contributed by atoms with Gasteiger partial charge in [-0.3, -0.25) is 14.6 Å². The normalized spacial score (nSPS) is 17.2. The summed E-state index contributed by atoms with van der Waals surface area (Å²) in [6.07, 6.45) is 6.98. The van der Waals surface area contributed by atoms with Crippen molar-refractivity contribution in [1.82, 2.24) is 19.9 Å². The molecule has 8 heteroatoms. The number of nitrogens with one attached hydrogen (secondary N) is 2. The Labute approximate surface area is 215 Å². The lowest BCUT2D eigenvalue weighted by molar-refractivity contribution is -0.122. The van der Waals surface area contributed by atoms with E-state index in [0.717, 1.165) is 48.2 Å². The minimum Gasteiger partial charge on any atom is -0.371 e. The molecule has 1 atom stereocenters. The lowest BCUT2D eigenvalue weighted by Crippen LogP contribution is -2.32. The molecule has 0 saturated heterocycles. The first-order valence-corrected chi connectivity index (χ1v) is 12.8. The van der Waals surface area contributed by atoms with Gasteiger partial charge in [-0.05, 0) is 54.7 Å². The van der Waals surface area contributed by atoms with Crippen LogP contribution in [0.4, 0.5) is 5.69 Å². The number of pyridine rings is 1. The largest absolute Gasteiger partial charge is 0.371 e. The topological polar surface area (TPSA) is 98.1 Å². The molecule has 8 nitrogen and oxygen atoms in total. The number of aromatic nitrogens is 3. The summed E-state index contributed by atoms with van der Waals surface area (Å²) in [5, 5.41) is 6.12. The van der Waals surface area contributed by atoms with Gasteiger partial charge in [0.25, 0.3) is 5.91 Å². The Hall–Kier alpha value is -4.04. The van der Waals surface area contributed by atoms with Crippen molar-refractivity contribution >= 4 is 28.5 Å². The highest BCUT2D eigenvalue weighted by molar-refractivity contribution is 6.06. The van der Waals surface area contributed by atoms with E-state index in [4.69, 9.17) is 9.72 Å². The number of fused-ring (bicyclic) bond motifs is 2. The van der Waals surface area contributed by atoms with Crippen molar-refractivity contribution in [3.8, 4) is 11.4 Å². The summed E-state index contributed by atoms with van der Waals surface area (Å²) >= 11 is 0. The van der Waals surface area contributed by atoms with Crippen molar-refractivity contribution in [3.63, 3.8) is 0 Å². The van der Waals surface area contributed by atoms with Gasteiger partial charge in [0.2, 0.25) is 5.91 Å². The van der Waals surface area contributed by atoms with Crippen LogP contribution < -0.4 is 10.6 Å². The van der Waals surface area contributed by atoms with Gasteiger partial charge < -0.3 is 19.9 Å². The van der Waals surface area contributed by atoms with Gasteiger partial charge in [0.1, 0.15) is 11.9 Å². The monoisotopic (exact) mass is 495 g/mol. The molecule has 3 heterocycles. The maximum Gasteiger partial charge on any atom is 0.251 e. The third-order valence-electron chi connectivity index (χ3n) is 7.44. The van der Waals surface area contributed by atoms with E-state index in [1.807, 2.05) is 35.9 Å². The molecule has 2 N–H and O–H groups in total. The van der Waals surface area contributed by atoms with E-state index < -0.39 is 0 Å². The molecule has 2 aromatic carbocycles. The van der Waals surface area contributed by atoms with Crippen molar-refractivity contribution in [3.05, 3.63) is 77.6 Å². The lowest BCUT2D eigenvalue weighted by Gasteiger charge is -2.26. The predicted octanol–water partition coefficient (Wildman–Crippen LogP) is 4.42. The van der Waals surface area contributed by atoms with Gasteiger partial charge in [0.15, 0.2) is 0 Å². The van der Waals surface area contributed by atoms with Crippen molar-refractivity contribution in [2.75, 3.05) is 18.5 Å². The zero-order valence-electron chi connectivity index (χ0n) is 20.7. The zero-order valence-corrected chi connectivity index (χ0v) is 20.7. The van der Waals surface area contributed by atoms with Crippen LogP contribution in [0.1, 0.15) is 46.9 Å². The highest BCUT2D eigenvalue weighted by Gasteiger charge is 2.27. The van der Waals surface area contributed by atoms with Crippen LogP contribution in [-0.2, 0) is 23.0 Å². The number of amides is 2. The number of carbonyl (C=O) groups is 2. The number of hydrogen-bond acceptors (Lipinski definition) is 5. The second-order valence-corrected chi connectivity index (χ2v) is 9.76. The Kier molecular flexibility index (Phi) is 6.18. The third kappa shape index (κ3) is 4.49. The number of imidazole rings is 1. The Morgan fingerprint density at radius 1 is 1.11 bits per heavy atom. The van der Waals surface area contributed by atoms with Gasteiger partial charge in [-0.25, -0.2) is 4.98 Å².